The number of aliphatic hydroxyl groups excluding tert-OH is 1. The van der Waals surface area contributed by atoms with Crippen molar-refractivity contribution in [2.45, 2.75) is 13.0 Å². The van der Waals surface area contributed by atoms with Crippen LogP contribution in [-0.2, 0) is 4.79 Å². The summed E-state index contributed by atoms with van der Waals surface area (Å²) >= 11 is 1.24. The first kappa shape index (κ1) is 19.7. The third-order valence-corrected chi connectivity index (χ3v) is 5.47. The zero-order valence-corrected chi connectivity index (χ0v) is 16.9. The molecule has 1 N–H and O–H groups in total. The number of carbonyl (C=O) groups excluding carboxylic acids is 2. The van der Waals surface area contributed by atoms with Gasteiger partial charge in [-0.2, -0.15) is 0 Å². The molecular weight excluding hydrogens is 404 g/mol. The SMILES string of the molecule is C=CCOc1cccc([C@@H]2C(C(=O)c3cccs3)=C(O)C(=O)N2c2cc(C)on2)c1. The number of aryl methyl sites for hydroxylation is 1. The molecule has 152 valence electrons. The van der Waals surface area contributed by atoms with E-state index in [-0.39, 0.29) is 11.4 Å². The molecule has 0 radical (unpaired) electrons. The second-order valence-corrected chi connectivity index (χ2v) is 7.56. The number of aromatic nitrogens is 1. The van der Waals surface area contributed by atoms with Gasteiger partial charge in [0.15, 0.2) is 11.6 Å². The van der Waals surface area contributed by atoms with Gasteiger partial charge in [0.05, 0.1) is 16.5 Å². The topological polar surface area (TPSA) is 92.9 Å². The van der Waals surface area contributed by atoms with Crippen LogP contribution in [0.4, 0.5) is 5.82 Å². The molecule has 30 heavy (non-hydrogen) atoms. The van der Waals surface area contributed by atoms with Crippen LogP contribution < -0.4 is 9.64 Å². The summed E-state index contributed by atoms with van der Waals surface area (Å²) in [7, 11) is 0. The summed E-state index contributed by atoms with van der Waals surface area (Å²) < 4.78 is 10.7. The molecule has 0 saturated carbocycles. The molecule has 0 bridgehead atoms. The number of nitrogens with zero attached hydrogens (tertiary/aromatic N) is 2. The highest BCUT2D eigenvalue weighted by Crippen LogP contribution is 2.42. The average Bonchev–Trinajstić information content (AvgIpc) is 3.47. The zero-order valence-electron chi connectivity index (χ0n) is 16.1. The average molecular weight is 422 g/mol. The van der Waals surface area contributed by atoms with Crippen LogP contribution >= 0.6 is 11.3 Å². The van der Waals surface area contributed by atoms with E-state index in [1.807, 2.05) is 0 Å². The van der Waals surface area contributed by atoms with Crippen molar-refractivity contribution in [1.29, 1.82) is 0 Å². The minimum Gasteiger partial charge on any atom is -0.503 e. The summed E-state index contributed by atoms with van der Waals surface area (Å²) in [4.78, 5) is 27.9. The fourth-order valence-electron chi connectivity index (χ4n) is 3.33. The van der Waals surface area contributed by atoms with Crippen molar-refractivity contribution in [2.24, 2.45) is 0 Å². The number of Topliss-reactive ketones (excluding diaryl/α,β-unsaturated/α-hetero) is 1. The number of carbonyl (C=O) groups is 2. The van der Waals surface area contributed by atoms with E-state index in [1.165, 1.54) is 16.2 Å². The standard InChI is InChI=1S/C22H18N2O5S/c1-3-9-28-15-7-4-6-14(12-15)19-18(20(25)16-8-5-10-30-16)21(26)22(27)24(19)17-11-13(2)29-23-17/h3-8,10-12,19,26H,1,9H2,2H3/t19-/m1/s1. The molecular formula is C22H18N2O5S. The first-order valence-corrected chi connectivity index (χ1v) is 10.0. The Hall–Kier alpha value is -3.65. The highest BCUT2D eigenvalue weighted by atomic mass is 32.1. The number of benzene rings is 1. The quantitative estimate of drug-likeness (QED) is 0.448. The van der Waals surface area contributed by atoms with Crippen molar-refractivity contribution < 1.29 is 24.0 Å². The summed E-state index contributed by atoms with van der Waals surface area (Å²) in [5, 5.41) is 16.4. The molecule has 1 aliphatic rings. The summed E-state index contributed by atoms with van der Waals surface area (Å²) in [6.45, 7) is 5.63. The van der Waals surface area contributed by atoms with E-state index in [2.05, 4.69) is 11.7 Å². The Morgan fingerprint density at radius 1 is 1.37 bits per heavy atom. The Morgan fingerprint density at radius 2 is 2.20 bits per heavy atom. The molecule has 1 aliphatic heterocycles. The van der Waals surface area contributed by atoms with Crippen molar-refractivity contribution in [3.8, 4) is 5.75 Å². The summed E-state index contributed by atoms with van der Waals surface area (Å²) in [5.74, 6) is -0.480. The Balaban J connectivity index is 1.84. The Morgan fingerprint density at radius 3 is 2.87 bits per heavy atom. The predicted molar refractivity (Wildman–Crippen MR) is 112 cm³/mol. The molecule has 0 aliphatic carbocycles. The second kappa shape index (κ2) is 8.00. The van der Waals surface area contributed by atoms with Gasteiger partial charge in [0, 0.05) is 6.07 Å². The largest absolute Gasteiger partial charge is 0.503 e. The monoisotopic (exact) mass is 422 g/mol. The van der Waals surface area contributed by atoms with Gasteiger partial charge in [-0.15, -0.1) is 11.3 Å². The number of ether oxygens (including phenoxy) is 1. The van der Waals surface area contributed by atoms with Crippen LogP contribution in [0.3, 0.4) is 0 Å². The van der Waals surface area contributed by atoms with Gasteiger partial charge in [0.1, 0.15) is 18.1 Å². The van der Waals surface area contributed by atoms with Crippen LogP contribution in [0.5, 0.6) is 5.75 Å². The van der Waals surface area contributed by atoms with Gasteiger partial charge < -0.3 is 14.4 Å². The first-order valence-electron chi connectivity index (χ1n) is 9.13. The minimum absolute atomic E-state index is 0.0102. The summed E-state index contributed by atoms with van der Waals surface area (Å²) in [6.07, 6.45) is 1.62. The van der Waals surface area contributed by atoms with Crippen LogP contribution in [0.15, 0.2) is 76.4 Å². The molecule has 1 amide bonds. The lowest BCUT2D eigenvalue weighted by Gasteiger charge is -2.24. The second-order valence-electron chi connectivity index (χ2n) is 6.61. The number of ketones is 1. The fourth-order valence-corrected chi connectivity index (χ4v) is 4.00. The molecule has 8 heteroatoms. The van der Waals surface area contributed by atoms with Gasteiger partial charge in [-0.3, -0.25) is 14.5 Å². The number of anilines is 1. The molecule has 3 heterocycles. The third kappa shape index (κ3) is 3.42. The van der Waals surface area contributed by atoms with Crippen LogP contribution in [0, 0.1) is 6.92 Å². The molecule has 0 fully saturated rings. The van der Waals surface area contributed by atoms with Crippen LogP contribution in [0.2, 0.25) is 0 Å². The van der Waals surface area contributed by atoms with E-state index in [4.69, 9.17) is 9.26 Å². The maximum absolute atomic E-state index is 13.2. The molecule has 7 nitrogen and oxygen atoms in total. The lowest BCUT2D eigenvalue weighted by atomic mass is 9.95. The van der Waals surface area contributed by atoms with Crippen LogP contribution in [-0.4, -0.2) is 28.6 Å². The van der Waals surface area contributed by atoms with E-state index in [1.54, 1.807) is 60.8 Å². The lowest BCUT2D eigenvalue weighted by Crippen LogP contribution is -2.31. The Kier molecular flexibility index (Phi) is 5.24. The van der Waals surface area contributed by atoms with Gasteiger partial charge in [0.25, 0.3) is 5.91 Å². The highest BCUT2D eigenvalue weighted by molar-refractivity contribution is 7.12. The van der Waals surface area contributed by atoms with Crippen LogP contribution in [0.1, 0.15) is 27.0 Å². The summed E-state index contributed by atoms with van der Waals surface area (Å²) in [5.41, 5.74) is 0.582. The summed E-state index contributed by atoms with van der Waals surface area (Å²) in [6, 6.07) is 11.1. The van der Waals surface area contributed by atoms with E-state index in [0.717, 1.165) is 0 Å². The fraction of sp³-hybridized carbons (Fsp3) is 0.136. The molecule has 1 atom stereocenters. The molecule has 1 aromatic carbocycles. The third-order valence-electron chi connectivity index (χ3n) is 4.60. The molecule has 4 rings (SSSR count). The number of hydrogen-bond acceptors (Lipinski definition) is 7. The van der Waals surface area contributed by atoms with Crippen LogP contribution in [0.25, 0.3) is 0 Å². The number of aliphatic hydroxyl groups is 1. The van der Waals surface area contributed by atoms with Crippen molar-refractivity contribution in [3.05, 3.63) is 88.0 Å². The molecule has 0 unspecified atom stereocenters. The van der Waals surface area contributed by atoms with Gasteiger partial charge in [-0.05, 0) is 36.1 Å². The molecule has 3 aromatic rings. The van der Waals surface area contributed by atoms with Gasteiger partial charge >= 0.3 is 0 Å². The van der Waals surface area contributed by atoms with Crippen molar-refractivity contribution in [2.75, 3.05) is 11.5 Å². The lowest BCUT2D eigenvalue weighted by molar-refractivity contribution is -0.117. The number of thiophene rings is 1. The predicted octanol–water partition coefficient (Wildman–Crippen LogP) is 4.39. The van der Waals surface area contributed by atoms with Crippen molar-refractivity contribution in [3.63, 3.8) is 0 Å². The Bertz CT molecular complexity index is 1150. The van der Waals surface area contributed by atoms with E-state index in [9.17, 15) is 14.7 Å². The maximum atomic E-state index is 13.2. The minimum atomic E-state index is -0.885. The van der Waals surface area contributed by atoms with Gasteiger partial charge in [-0.1, -0.05) is 36.0 Å². The molecule has 0 spiro atoms. The van der Waals surface area contributed by atoms with Crippen molar-refractivity contribution >= 4 is 28.8 Å². The van der Waals surface area contributed by atoms with E-state index in [0.29, 0.717) is 28.6 Å². The van der Waals surface area contributed by atoms with E-state index >= 15 is 0 Å². The van der Waals surface area contributed by atoms with Gasteiger partial charge in [0.2, 0.25) is 5.78 Å². The number of rotatable bonds is 7. The smallest absolute Gasteiger partial charge is 0.295 e. The zero-order chi connectivity index (χ0) is 21.3. The van der Waals surface area contributed by atoms with Crippen molar-refractivity contribution in [1.82, 2.24) is 5.16 Å². The Labute approximate surface area is 176 Å². The normalized spacial score (nSPS) is 16.2. The number of amides is 1. The number of hydrogen-bond donors (Lipinski definition) is 1. The molecule has 0 saturated heterocycles. The highest BCUT2D eigenvalue weighted by Gasteiger charge is 2.46. The van der Waals surface area contributed by atoms with E-state index < -0.39 is 23.5 Å². The molecule has 2 aromatic heterocycles. The maximum Gasteiger partial charge on any atom is 0.295 e. The first-order chi connectivity index (χ1) is 14.5. The van der Waals surface area contributed by atoms with Gasteiger partial charge in [-0.25, -0.2) is 0 Å².